The van der Waals surface area contributed by atoms with Gasteiger partial charge in [-0.05, 0) is 19.1 Å². The minimum Gasteiger partial charge on any atom is -0.354 e. The van der Waals surface area contributed by atoms with Crippen LogP contribution in [0.5, 0.6) is 0 Å². The number of hydrogen-bond donors (Lipinski definition) is 1. The number of anilines is 1. The van der Waals surface area contributed by atoms with E-state index in [0.717, 1.165) is 5.69 Å². The number of nitrogens with one attached hydrogen (secondary N) is 1. The van der Waals surface area contributed by atoms with Gasteiger partial charge in [-0.2, -0.15) is 5.10 Å². The molecular formula is C13H17N3O2S. The summed E-state index contributed by atoms with van der Waals surface area (Å²) in [7, 11) is 0. The Balaban J connectivity index is 1.68. The zero-order valence-electron chi connectivity index (χ0n) is 10.8. The highest BCUT2D eigenvalue weighted by Crippen LogP contribution is 2.39. The summed E-state index contributed by atoms with van der Waals surface area (Å²) in [6.45, 7) is 3.87. The number of para-hydroxylation sites is 1. The molecule has 3 rings (SSSR count). The molecule has 1 unspecified atom stereocenters. The summed E-state index contributed by atoms with van der Waals surface area (Å²) < 4.78 is 11.0. The molecule has 0 saturated carbocycles. The predicted octanol–water partition coefficient (Wildman–Crippen LogP) is 2.17. The molecule has 1 atom stereocenters. The van der Waals surface area contributed by atoms with Crippen LogP contribution in [0.1, 0.15) is 6.92 Å². The number of fused-ring (bicyclic) bond motifs is 1. The molecule has 0 amide bonds. The highest BCUT2D eigenvalue weighted by molar-refractivity contribution is 8.00. The quantitative estimate of drug-likeness (QED) is 0.676. The summed E-state index contributed by atoms with van der Waals surface area (Å²) in [6.07, 6.45) is 1.61. The lowest BCUT2D eigenvalue weighted by Gasteiger charge is -2.27. The van der Waals surface area contributed by atoms with Crippen molar-refractivity contribution in [1.29, 1.82) is 0 Å². The molecule has 1 N–H and O–H groups in total. The standard InChI is InChI=1S/C13H17N3O2S/c1-2-14-16(9-12-17-7-8-18-12)13-15-10-5-3-4-6-11(10)19-13/h2-6,12-13,15H,7-9H2,1H3/b14-2+. The number of hydrazone groups is 1. The lowest BCUT2D eigenvalue weighted by molar-refractivity contribution is -0.0621. The molecule has 0 radical (unpaired) electrons. The van der Waals surface area contributed by atoms with E-state index in [1.54, 1.807) is 18.0 Å². The highest BCUT2D eigenvalue weighted by atomic mass is 32.2. The molecule has 1 fully saturated rings. The topological polar surface area (TPSA) is 46.1 Å². The maximum Gasteiger partial charge on any atom is 0.176 e. The third kappa shape index (κ3) is 2.86. The first-order chi connectivity index (χ1) is 9.36. The van der Waals surface area contributed by atoms with Crippen LogP contribution in [0.2, 0.25) is 0 Å². The third-order valence-corrected chi connectivity index (χ3v) is 4.16. The zero-order chi connectivity index (χ0) is 13.1. The fourth-order valence-electron chi connectivity index (χ4n) is 2.12. The van der Waals surface area contributed by atoms with Gasteiger partial charge in [0.05, 0.1) is 25.4 Å². The molecular weight excluding hydrogens is 262 g/mol. The van der Waals surface area contributed by atoms with Crippen LogP contribution in [0.15, 0.2) is 34.3 Å². The Morgan fingerprint density at radius 2 is 2.21 bits per heavy atom. The summed E-state index contributed by atoms with van der Waals surface area (Å²) >= 11 is 1.76. The summed E-state index contributed by atoms with van der Waals surface area (Å²) in [4.78, 5) is 1.25. The summed E-state index contributed by atoms with van der Waals surface area (Å²) in [5, 5.41) is 9.85. The van der Waals surface area contributed by atoms with Crippen LogP contribution < -0.4 is 5.32 Å². The van der Waals surface area contributed by atoms with Crippen molar-refractivity contribution in [2.45, 2.75) is 23.6 Å². The summed E-state index contributed by atoms with van der Waals surface area (Å²) in [5.41, 5.74) is 1.24. The molecule has 0 bridgehead atoms. The van der Waals surface area contributed by atoms with Gasteiger partial charge in [0.25, 0.3) is 0 Å². The van der Waals surface area contributed by atoms with E-state index >= 15 is 0 Å². The molecule has 0 aromatic heterocycles. The van der Waals surface area contributed by atoms with Gasteiger partial charge in [0, 0.05) is 11.1 Å². The van der Waals surface area contributed by atoms with Crippen LogP contribution in [0.3, 0.4) is 0 Å². The van der Waals surface area contributed by atoms with E-state index < -0.39 is 0 Å². The maximum absolute atomic E-state index is 5.49. The van der Waals surface area contributed by atoms with Gasteiger partial charge in [0.1, 0.15) is 0 Å². The van der Waals surface area contributed by atoms with E-state index in [1.807, 2.05) is 24.1 Å². The second kappa shape index (κ2) is 5.81. The normalized spacial score (nSPS) is 22.7. The van der Waals surface area contributed by atoms with Crippen molar-refractivity contribution >= 4 is 23.7 Å². The Kier molecular flexibility index (Phi) is 3.91. The average Bonchev–Trinajstić information content (AvgIpc) is 3.06. The summed E-state index contributed by atoms with van der Waals surface area (Å²) in [6, 6.07) is 8.28. The monoisotopic (exact) mass is 279 g/mol. The van der Waals surface area contributed by atoms with Crippen LogP contribution in [-0.2, 0) is 9.47 Å². The lowest BCUT2D eigenvalue weighted by Crippen LogP contribution is -2.38. The van der Waals surface area contributed by atoms with E-state index in [-0.39, 0.29) is 11.8 Å². The molecule has 0 aliphatic carbocycles. The van der Waals surface area contributed by atoms with Crippen LogP contribution >= 0.6 is 11.8 Å². The zero-order valence-corrected chi connectivity index (χ0v) is 11.6. The first-order valence-electron chi connectivity index (χ1n) is 6.37. The Morgan fingerprint density at radius 1 is 1.42 bits per heavy atom. The first-order valence-corrected chi connectivity index (χ1v) is 7.25. The molecule has 1 aromatic carbocycles. The van der Waals surface area contributed by atoms with Crippen molar-refractivity contribution in [2.24, 2.45) is 5.10 Å². The van der Waals surface area contributed by atoms with Crippen molar-refractivity contribution in [3.05, 3.63) is 24.3 Å². The fraction of sp³-hybridized carbons (Fsp3) is 0.462. The molecule has 19 heavy (non-hydrogen) atoms. The maximum atomic E-state index is 5.49. The first kappa shape index (κ1) is 12.8. The second-order valence-corrected chi connectivity index (χ2v) is 5.40. The van der Waals surface area contributed by atoms with Gasteiger partial charge in [-0.15, -0.1) is 0 Å². The molecule has 2 heterocycles. The Bertz CT molecular complexity index is 438. The molecule has 2 aliphatic rings. The Hall–Kier alpha value is -1.24. The molecule has 2 aliphatic heterocycles. The van der Waals surface area contributed by atoms with Gasteiger partial charge < -0.3 is 14.8 Å². The minimum atomic E-state index is -0.185. The van der Waals surface area contributed by atoms with Crippen LogP contribution in [-0.4, -0.2) is 42.8 Å². The average molecular weight is 279 g/mol. The predicted molar refractivity (Wildman–Crippen MR) is 76.3 cm³/mol. The van der Waals surface area contributed by atoms with Crippen LogP contribution in [0, 0.1) is 0 Å². The summed E-state index contributed by atoms with van der Waals surface area (Å²) in [5.74, 6) is 0. The van der Waals surface area contributed by atoms with Crippen LogP contribution in [0.25, 0.3) is 0 Å². The van der Waals surface area contributed by atoms with Gasteiger partial charge in [0.15, 0.2) is 11.8 Å². The number of benzene rings is 1. The minimum absolute atomic E-state index is 0.0846. The molecule has 1 aromatic rings. The number of hydrogen-bond acceptors (Lipinski definition) is 6. The van der Waals surface area contributed by atoms with Crippen molar-refractivity contribution in [3.63, 3.8) is 0 Å². The van der Waals surface area contributed by atoms with Crippen molar-refractivity contribution < 1.29 is 9.47 Å². The Morgan fingerprint density at radius 3 is 2.95 bits per heavy atom. The van der Waals surface area contributed by atoms with Crippen LogP contribution in [0.4, 0.5) is 5.69 Å². The van der Waals surface area contributed by atoms with Gasteiger partial charge in [-0.25, -0.2) is 0 Å². The molecule has 102 valence electrons. The van der Waals surface area contributed by atoms with Crippen molar-refractivity contribution in [2.75, 3.05) is 25.1 Å². The van der Waals surface area contributed by atoms with E-state index in [2.05, 4.69) is 22.6 Å². The van der Waals surface area contributed by atoms with Gasteiger partial charge in [-0.3, -0.25) is 5.01 Å². The fourth-order valence-corrected chi connectivity index (χ4v) is 3.22. The van der Waals surface area contributed by atoms with Gasteiger partial charge in [-0.1, -0.05) is 23.9 Å². The highest BCUT2D eigenvalue weighted by Gasteiger charge is 2.29. The smallest absolute Gasteiger partial charge is 0.176 e. The van der Waals surface area contributed by atoms with E-state index in [0.29, 0.717) is 19.8 Å². The largest absolute Gasteiger partial charge is 0.354 e. The van der Waals surface area contributed by atoms with Crippen molar-refractivity contribution in [1.82, 2.24) is 5.01 Å². The van der Waals surface area contributed by atoms with E-state index in [4.69, 9.17) is 9.47 Å². The Labute approximate surface area is 116 Å². The number of rotatable bonds is 4. The molecule has 5 nitrogen and oxygen atoms in total. The second-order valence-electron chi connectivity index (χ2n) is 4.28. The lowest BCUT2D eigenvalue weighted by atomic mass is 10.3. The van der Waals surface area contributed by atoms with Crippen molar-refractivity contribution in [3.8, 4) is 0 Å². The van der Waals surface area contributed by atoms with E-state index in [9.17, 15) is 0 Å². The number of ether oxygens (including phenoxy) is 2. The molecule has 6 heteroatoms. The SMILES string of the molecule is C/C=N/N(CC1OCCO1)C1Nc2ccccc2S1. The molecule has 0 spiro atoms. The number of nitrogens with zero attached hydrogens (tertiary/aromatic N) is 2. The molecule has 1 saturated heterocycles. The number of thioether (sulfide) groups is 1. The third-order valence-electron chi connectivity index (χ3n) is 2.97. The van der Waals surface area contributed by atoms with Gasteiger partial charge in [0.2, 0.25) is 0 Å². The van der Waals surface area contributed by atoms with Gasteiger partial charge >= 0.3 is 0 Å². The van der Waals surface area contributed by atoms with E-state index in [1.165, 1.54) is 4.90 Å².